The van der Waals surface area contributed by atoms with E-state index in [1.165, 1.54) is 16.8 Å². The van der Waals surface area contributed by atoms with Gasteiger partial charge in [-0.2, -0.15) is 5.10 Å². The molecule has 8 nitrogen and oxygen atoms in total. The fraction of sp³-hybridized carbons (Fsp3) is 0.333. The van der Waals surface area contributed by atoms with Crippen LogP contribution in [-0.2, 0) is 0 Å². The van der Waals surface area contributed by atoms with Gasteiger partial charge < -0.3 is 10.4 Å². The van der Waals surface area contributed by atoms with Crippen LogP contribution in [0.5, 0.6) is 0 Å². The highest BCUT2D eigenvalue weighted by Crippen LogP contribution is 2.14. The number of carbonyl (C=O) groups is 1. The molecule has 0 fully saturated rings. The Labute approximate surface area is 132 Å². The van der Waals surface area contributed by atoms with Gasteiger partial charge in [-0.3, -0.25) is 14.9 Å². The van der Waals surface area contributed by atoms with Crippen LogP contribution < -0.4 is 5.32 Å². The van der Waals surface area contributed by atoms with E-state index in [9.17, 15) is 20.0 Å². The zero-order valence-electron chi connectivity index (χ0n) is 12.7. The van der Waals surface area contributed by atoms with Crippen LogP contribution in [0.2, 0.25) is 0 Å². The zero-order valence-corrected chi connectivity index (χ0v) is 12.7. The minimum absolute atomic E-state index is 0.0104. The van der Waals surface area contributed by atoms with Crippen LogP contribution in [0.25, 0.3) is 5.69 Å². The number of rotatable bonds is 7. The molecule has 0 saturated heterocycles. The van der Waals surface area contributed by atoms with Gasteiger partial charge in [0.1, 0.15) is 0 Å². The van der Waals surface area contributed by atoms with Crippen molar-refractivity contribution in [3.05, 3.63) is 52.3 Å². The Morgan fingerprint density at radius 1 is 1.39 bits per heavy atom. The van der Waals surface area contributed by atoms with E-state index in [1.807, 2.05) is 6.92 Å². The molecule has 1 unspecified atom stereocenters. The van der Waals surface area contributed by atoms with Crippen molar-refractivity contribution >= 4 is 11.6 Å². The zero-order chi connectivity index (χ0) is 16.8. The number of aliphatic hydroxyl groups is 1. The monoisotopic (exact) mass is 318 g/mol. The lowest BCUT2D eigenvalue weighted by atomic mass is 10.2. The molecule has 8 heteroatoms. The highest BCUT2D eigenvalue weighted by molar-refractivity contribution is 5.92. The van der Waals surface area contributed by atoms with Crippen LogP contribution in [0.4, 0.5) is 5.69 Å². The van der Waals surface area contributed by atoms with Crippen molar-refractivity contribution in [2.24, 2.45) is 0 Å². The highest BCUT2D eigenvalue weighted by atomic mass is 16.6. The van der Waals surface area contributed by atoms with Gasteiger partial charge in [0.05, 0.1) is 16.7 Å². The van der Waals surface area contributed by atoms with E-state index in [4.69, 9.17) is 0 Å². The van der Waals surface area contributed by atoms with Gasteiger partial charge in [-0.1, -0.05) is 13.3 Å². The Balaban J connectivity index is 2.02. The van der Waals surface area contributed by atoms with Gasteiger partial charge in [-0.25, -0.2) is 4.68 Å². The number of nitro benzene ring substituents is 1. The maximum atomic E-state index is 12.0. The van der Waals surface area contributed by atoms with Gasteiger partial charge in [0, 0.05) is 24.9 Å². The minimum Gasteiger partial charge on any atom is -0.391 e. The summed E-state index contributed by atoms with van der Waals surface area (Å²) in [5.74, 6) is -0.374. The number of nitrogens with zero attached hydrogens (tertiary/aromatic N) is 3. The van der Waals surface area contributed by atoms with Crippen molar-refractivity contribution in [2.45, 2.75) is 25.9 Å². The molecule has 1 aromatic carbocycles. The largest absolute Gasteiger partial charge is 0.391 e. The number of benzene rings is 1. The van der Waals surface area contributed by atoms with Gasteiger partial charge in [-0.15, -0.1) is 0 Å². The molecular formula is C15H18N4O4. The standard InChI is InChI=1S/C15H18N4O4/c1-2-3-13(20)10-16-15(21)14-8-9-18(17-14)11-4-6-12(7-5-11)19(22)23/h4-9,13,20H,2-3,10H2,1H3,(H,16,21). The second-order valence-corrected chi connectivity index (χ2v) is 5.07. The molecule has 1 aromatic heterocycles. The van der Waals surface area contributed by atoms with Crippen LogP contribution in [0.1, 0.15) is 30.3 Å². The van der Waals surface area contributed by atoms with Crippen molar-refractivity contribution in [1.82, 2.24) is 15.1 Å². The first-order chi connectivity index (χ1) is 11.0. The normalized spacial score (nSPS) is 11.9. The minimum atomic E-state index is -0.569. The molecule has 0 bridgehead atoms. The lowest BCUT2D eigenvalue weighted by Gasteiger charge is -2.09. The van der Waals surface area contributed by atoms with E-state index in [1.54, 1.807) is 24.4 Å². The van der Waals surface area contributed by atoms with Crippen molar-refractivity contribution < 1.29 is 14.8 Å². The topological polar surface area (TPSA) is 110 Å². The first-order valence-electron chi connectivity index (χ1n) is 7.28. The molecule has 0 aliphatic rings. The van der Waals surface area contributed by atoms with E-state index in [2.05, 4.69) is 10.4 Å². The number of hydrogen-bond donors (Lipinski definition) is 2. The Bertz CT molecular complexity index is 681. The Hall–Kier alpha value is -2.74. The van der Waals surface area contributed by atoms with Crippen LogP contribution in [0.3, 0.4) is 0 Å². The summed E-state index contributed by atoms with van der Waals surface area (Å²) in [6.07, 6.45) is 2.49. The summed E-state index contributed by atoms with van der Waals surface area (Å²) < 4.78 is 1.46. The molecule has 23 heavy (non-hydrogen) atoms. The lowest BCUT2D eigenvalue weighted by Crippen LogP contribution is -2.32. The van der Waals surface area contributed by atoms with Gasteiger partial charge in [0.15, 0.2) is 5.69 Å². The average molecular weight is 318 g/mol. The van der Waals surface area contributed by atoms with Crippen LogP contribution in [0.15, 0.2) is 36.5 Å². The molecule has 0 aliphatic carbocycles. The smallest absolute Gasteiger partial charge is 0.271 e. The second-order valence-electron chi connectivity index (χ2n) is 5.07. The number of carbonyl (C=O) groups excluding carboxylic acids is 1. The van der Waals surface area contributed by atoms with E-state index in [0.717, 1.165) is 6.42 Å². The predicted molar refractivity (Wildman–Crippen MR) is 83.5 cm³/mol. The summed E-state index contributed by atoms with van der Waals surface area (Å²) in [7, 11) is 0. The lowest BCUT2D eigenvalue weighted by molar-refractivity contribution is -0.384. The summed E-state index contributed by atoms with van der Waals surface area (Å²) in [6, 6.07) is 7.40. The number of nitro groups is 1. The maximum absolute atomic E-state index is 12.0. The van der Waals surface area contributed by atoms with E-state index < -0.39 is 11.0 Å². The van der Waals surface area contributed by atoms with E-state index in [-0.39, 0.29) is 23.8 Å². The fourth-order valence-electron chi connectivity index (χ4n) is 2.05. The molecule has 0 saturated carbocycles. The van der Waals surface area contributed by atoms with E-state index >= 15 is 0 Å². The van der Waals surface area contributed by atoms with Gasteiger partial charge in [0.25, 0.3) is 11.6 Å². The molecule has 1 heterocycles. The molecular weight excluding hydrogens is 300 g/mol. The summed E-state index contributed by atoms with van der Waals surface area (Å²) in [5, 5.41) is 27.0. The summed E-state index contributed by atoms with van der Waals surface area (Å²) in [5.41, 5.74) is 0.816. The van der Waals surface area contributed by atoms with E-state index in [0.29, 0.717) is 12.1 Å². The van der Waals surface area contributed by atoms with Crippen molar-refractivity contribution in [2.75, 3.05) is 6.54 Å². The van der Waals surface area contributed by atoms with Crippen molar-refractivity contribution in [1.29, 1.82) is 0 Å². The number of aromatic nitrogens is 2. The third kappa shape index (κ3) is 4.36. The van der Waals surface area contributed by atoms with Crippen LogP contribution >= 0.6 is 0 Å². The Morgan fingerprint density at radius 3 is 2.70 bits per heavy atom. The summed E-state index contributed by atoms with van der Waals surface area (Å²) in [4.78, 5) is 22.1. The highest BCUT2D eigenvalue weighted by Gasteiger charge is 2.12. The molecule has 122 valence electrons. The predicted octanol–water partition coefficient (Wildman–Crippen LogP) is 1.67. The van der Waals surface area contributed by atoms with Gasteiger partial charge in [0.2, 0.25) is 0 Å². The third-order valence-corrected chi connectivity index (χ3v) is 3.27. The first kappa shape index (κ1) is 16.6. The van der Waals surface area contributed by atoms with Crippen molar-refractivity contribution in [3.8, 4) is 5.69 Å². The molecule has 0 spiro atoms. The number of nitrogens with one attached hydrogen (secondary N) is 1. The SMILES string of the molecule is CCCC(O)CNC(=O)c1ccn(-c2ccc([N+](=O)[O-])cc2)n1. The number of aliphatic hydroxyl groups excluding tert-OH is 1. The molecule has 1 amide bonds. The second kappa shape index (κ2) is 7.50. The summed E-state index contributed by atoms with van der Waals surface area (Å²) >= 11 is 0. The molecule has 2 N–H and O–H groups in total. The van der Waals surface area contributed by atoms with Gasteiger partial charge in [-0.05, 0) is 24.6 Å². The maximum Gasteiger partial charge on any atom is 0.271 e. The molecule has 0 aliphatic heterocycles. The fourth-order valence-corrected chi connectivity index (χ4v) is 2.05. The average Bonchev–Trinajstić information content (AvgIpc) is 3.03. The quantitative estimate of drug-likeness (QED) is 0.596. The van der Waals surface area contributed by atoms with Crippen molar-refractivity contribution in [3.63, 3.8) is 0 Å². The number of amides is 1. The number of hydrogen-bond acceptors (Lipinski definition) is 5. The summed E-state index contributed by atoms with van der Waals surface area (Å²) in [6.45, 7) is 2.13. The van der Waals surface area contributed by atoms with Crippen LogP contribution in [-0.4, -0.2) is 38.4 Å². The molecule has 1 atom stereocenters. The molecule has 2 rings (SSSR count). The Kier molecular flexibility index (Phi) is 5.42. The Morgan fingerprint density at radius 2 is 2.09 bits per heavy atom. The molecule has 2 aromatic rings. The third-order valence-electron chi connectivity index (χ3n) is 3.27. The van der Waals surface area contributed by atoms with Crippen LogP contribution in [0, 0.1) is 10.1 Å². The molecule has 0 radical (unpaired) electrons. The number of non-ortho nitro benzene ring substituents is 1. The first-order valence-corrected chi connectivity index (χ1v) is 7.28. The van der Waals surface area contributed by atoms with Gasteiger partial charge >= 0.3 is 0 Å².